The molecule has 3 heterocycles. The number of carbonyl (C=O) groups is 1. The van der Waals surface area contributed by atoms with Crippen molar-refractivity contribution in [3.8, 4) is 0 Å². The highest BCUT2D eigenvalue weighted by molar-refractivity contribution is 5.89. The molecule has 0 aromatic carbocycles. The highest BCUT2D eigenvalue weighted by Gasteiger charge is 2.37. The summed E-state index contributed by atoms with van der Waals surface area (Å²) in [4.78, 5) is 15.7. The summed E-state index contributed by atoms with van der Waals surface area (Å²) in [7, 11) is 0. The maximum absolute atomic E-state index is 11.9. The first-order valence-corrected chi connectivity index (χ1v) is 5.84. The van der Waals surface area contributed by atoms with Gasteiger partial charge in [0.1, 0.15) is 5.60 Å². The Morgan fingerprint density at radius 1 is 1.58 bits per heavy atom. The second kappa shape index (κ2) is 4.20. The smallest absolute Gasteiger partial charge is 0.359 e. The van der Waals surface area contributed by atoms with Crippen LogP contribution in [0.25, 0.3) is 0 Å². The van der Waals surface area contributed by atoms with Crippen molar-refractivity contribution in [2.75, 3.05) is 0 Å². The number of H-pyrrole nitrogens is 1. The molecule has 7 heteroatoms. The molecule has 1 N–H and O–H groups in total. The van der Waals surface area contributed by atoms with Gasteiger partial charge in [-0.3, -0.25) is 5.10 Å². The monoisotopic (exact) mass is 263 g/mol. The molecule has 19 heavy (non-hydrogen) atoms. The van der Waals surface area contributed by atoms with Gasteiger partial charge in [0.2, 0.25) is 0 Å². The molecule has 0 atom stereocenters. The van der Waals surface area contributed by atoms with E-state index in [1.54, 1.807) is 0 Å². The highest BCUT2D eigenvalue weighted by atomic mass is 16.5. The summed E-state index contributed by atoms with van der Waals surface area (Å²) in [6, 6.07) is 0. The van der Waals surface area contributed by atoms with Crippen molar-refractivity contribution in [3.63, 3.8) is 0 Å². The zero-order chi connectivity index (χ0) is 13.5. The predicted molar refractivity (Wildman–Crippen MR) is 62.0 cm³/mol. The van der Waals surface area contributed by atoms with Crippen LogP contribution in [0.4, 0.5) is 0 Å². The van der Waals surface area contributed by atoms with Crippen LogP contribution in [-0.2, 0) is 28.3 Å². The van der Waals surface area contributed by atoms with Crippen molar-refractivity contribution in [1.29, 1.82) is 0 Å². The standard InChI is InChI=1S/C12H13N3O4/c1-12(2)10-8(5-19-12)9(14-15-10)11(16)17-4-7-3-13-6-18-7/h3,6H,4-5H2,1-2H3,(H,14,15). The lowest BCUT2D eigenvalue weighted by molar-refractivity contribution is -0.0117. The Balaban J connectivity index is 1.75. The van der Waals surface area contributed by atoms with Crippen molar-refractivity contribution in [2.24, 2.45) is 0 Å². The highest BCUT2D eigenvalue weighted by Crippen LogP contribution is 2.35. The first-order chi connectivity index (χ1) is 9.08. The number of oxazole rings is 1. The summed E-state index contributed by atoms with van der Waals surface area (Å²) in [6.07, 6.45) is 2.78. The minimum absolute atomic E-state index is 0.0325. The van der Waals surface area contributed by atoms with Gasteiger partial charge < -0.3 is 13.9 Å². The molecule has 0 unspecified atom stereocenters. The van der Waals surface area contributed by atoms with Gasteiger partial charge in [0.05, 0.1) is 18.5 Å². The second-order valence-corrected chi connectivity index (χ2v) is 4.77. The van der Waals surface area contributed by atoms with Crippen LogP contribution in [0.5, 0.6) is 0 Å². The van der Waals surface area contributed by atoms with E-state index < -0.39 is 11.6 Å². The van der Waals surface area contributed by atoms with E-state index in [4.69, 9.17) is 13.9 Å². The lowest BCUT2D eigenvalue weighted by Crippen LogP contribution is -2.15. The Hall–Kier alpha value is -2.15. The number of nitrogens with one attached hydrogen (secondary N) is 1. The average Bonchev–Trinajstić information content (AvgIpc) is 3.06. The number of carbonyl (C=O) groups excluding carboxylic acids is 1. The van der Waals surface area contributed by atoms with Gasteiger partial charge in [0, 0.05) is 5.56 Å². The number of nitrogens with zero attached hydrogens (tertiary/aromatic N) is 2. The van der Waals surface area contributed by atoms with E-state index in [0.29, 0.717) is 12.4 Å². The zero-order valence-corrected chi connectivity index (χ0v) is 10.6. The summed E-state index contributed by atoms with van der Waals surface area (Å²) in [5.41, 5.74) is 1.39. The fourth-order valence-corrected chi connectivity index (χ4v) is 2.02. The van der Waals surface area contributed by atoms with Crippen molar-refractivity contribution >= 4 is 5.97 Å². The summed E-state index contributed by atoms with van der Waals surface area (Å²) in [6.45, 7) is 4.22. The van der Waals surface area contributed by atoms with E-state index in [1.807, 2.05) is 13.8 Å². The lowest BCUT2D eigenvalue weighted by Gasteiger charge is -2.15. The number of aromatic nitrogens is 3. The average molecular weight is 263 g/mol. The molecule has 0 spiro atoms. The van der Waals surface area contributed by atoms with E-state index >= 15 is 0 Å². The first kappa shape index (κ1) is 11.9. The van der Waals surface area contributed by atoms with Gasteiger partial charge in [-0.15, -0.1) is 0 Å². The van der Waals surface area contributed by atoms with Crippen LogP contribution in [-0.4, -0.2) is 21.2 Å². The molecule has 3 rings (SSSR count). The van der Waals surface area contributed by atoms with Crippen LogP contribution in [0.3, 0.4) is 0 Å². The molecular formula is C12H13N3O4. The van der Waals surface area contributed by atoms with E-state index in [2.05, 4.69) is 15.2 Å². The van der Waals surface area contributed by atoms with Crippen molar-refractivity contribution in [3.05, 3.63) is 35.3 Å². The zero-order valence-electron chi connectivity index (χ0n) is 10.6. The maximum atomic E-state index is 11.9. The minimum Gasteiger partial charge on any atom is -0.453 e. The Bertz CT molecular complexity index is 601. The quantitative estimate of drug-likeness (QED) is 0.844. The van der Waals surface area contributed by atoms with E-state index in [-0.39, 0.29) is 12.3 Å². The maximum Gasteiger partial charge on any atom is 0.359 e. The number of aromatic amines is 1. The van der Waals surface area contributed by atoms with Crippen molar-refractivity contribution in [1.82, 2.24) is 15.2 Å². The number of rotatable bonds is 3. The molecule has 0 aliphatic carbocycles. The Labute approximate surface area is 108 Å². The lowest BCUT2D eigenvalue weighted by atomic mass is 10.0. The van der Waals surface area contributed by atoms with Crippen LogP contribution in [0.1, 0.15) is 41.4 Å². The normalized spacial score (nSPS) is 16.3. The summed E-state index contributed by atoms with van der Waals surface area (Å²) < 4.78 is 15.7. The number of esters is 1. The van der Waals surface area contributed by atoms with E-state index in [0.717, 1.165) is 11.3 Å². The topological polar surface area (TPSA) is 90.2 Å². The number of hydrogen-bond acceptors (Lipinski definition) is 6. The van der Waals surface area contributed by atoms with Crippen LogP contribution in [0.15, 0.2) is 17.0 Å². The Morgan fingerprint density at radius 2 is 2.42 bits per heavy atom. The summed E-state index contributed by atoms with van der Waals surface area (Å²) in [5, 5.41) is 6.85. The Morgan fingerprint density at radius 3 is 3.16 bits per heavy atom. The van der Waals surface area contributed by atoms with E-state index in [1.165, 1.54) is 12.6 Å². The van der Waals surface area contributed by atoms with Gasteiger partial charge in [0.25, 0.3) is 0 Å². The second-order valence-electron chi connectivity index (χ2n) is 4.77. The molecule has 7 nitrogen and oxygen atoms in total. The first-order valence-electron chi connectivity index (χ1n) is 5.84. The molecule has 1 aliphatic heterocycles. The largest absolute Gasteiger partial charge is 0.453 e. The molecule has 0 bridgehead atoms. The third-order valence-corrected chi connectivity index (χ3v) is 3.07. The summed E-state index contributed by atoms with van der Waals surface area (Å²) >= 11 is 0. The van der Waals surface area contributed by atoms with Gasteiger partial charge in [0.15, 0.2) is 24.5 Å². The molecule has 2 aromatic rings. The predicted octanol–water partition coefficient (Wildman–Crippen LogP) is 1.52. The van der Waals surface area contributed by atoms with Crippen molar-refractivity contribution in [2.45, 2.75) is 32.7 Å². The number of ether oxygens (including phenoxy) is 2. The van der Waals surface area contributed by atoms with Gasteiger partial charge in [-0.05, 0) is 13.8 Å². The third-order valence-electron chi connectivity index (χ3n) is 3.07. The van der Waals surface area contributed by atoms with Gasteiger partial charge in [-0.25, -0.2) is 9.78 Å². The Kier molecular flexibility index (Phi) is 2.63. The minimum atomic E-state index is -0.504. The van der Waals surface area contributed by atoms with Crippen LogP contribution >= 0.6 is 0 Å². The fourth-order valence-electron chi connectivity index (χ4n) is 2.02. The van der Waals surface area contributed by atoms with Gasteiger partial charge in [-0.2, -0.15) is 5.10 Å². The molecule has 0 saturated heterocycles. The molecule has 0 radical (unpaired) electrons. The molecule has 1 aliphatic rings. The molecule has 100 valence electrons. The molecule has 0 saturated carbocycles. The number of fused-ring (bicyclic) bond motifs is 1. The summed E-state index contributed by atoms with van der Waals surface area (Å²) in [5.74, 6) is -0.0210. The van der Waals surface area contributed by atoms with Gasteiger partial charge in [-0.1, -0.05) is 0 Å². The number of hydrogen-bond donors (Lipinski definition) is 1. The molecular weight excluding hydrogens is 250 g/mol. The van der Waals surface area contributed by atoms with Crippen molar-refractivity contribution < 1.29 is 18.7 Å². The van der Waals surface area contributed by atoms with Crippen LogP contribution < -0.4 is 0 Å². The van der Waals surface area contributed by atoms with E-state index in [9.17, 15) is 4.79 Å². The molecule has 2 aromatic heterocycles. The third kappa shape index (κ3) is 2.01. The fraction of sp³-hybridized carbons (Fsp3) is 0.417. The SMILES string of the molecule is CC1(C)OCc2c(C(=O)OCc3cnco3)n[nH]c21. The van der Waals surface area contributed by atoms with Crippen LogP contribution in [0.2, 0.25) is 0 Å². The van der Waals surface area contributed by atoms with Gasteiger partial charge >= 0.3 is 5.97 Å². The molecule has 0 amide bonds. The molecule has 0 fully saturated rings. The van der Waals surface area contributed by atoms with Crippen LogP contribution in [0, 0.1) is 0 Å².